The van der Waals surface area contributed by atoms with Gasteiger partial charge in [0.2, 0.25) is 0 Å². The van der Waals surface area contributed by atoms with Crippen LogP contribution in [0.25, 0.3) is 21.5 Å². The van der Waals surface area contributed by atoms with Crippen molar-refractivity contribution in [3.05, 3.63) is 80.3 Å². The standard InChI is InChI=1S/C19H14N4O4S/c1-27-15-4-2-3-12(7-15)18-21-13(10-28-18)9-22-11-20-17-6-5-14(23(25)26)8-16(17)19(22)24/h2-8,10-11H,9H2,1H3. The van der Waals surface area contributed by atoms with E-state index < -0.39 is 4.92 Å². The van der Waals surface area contributed by atoms with Gasteiger partial charge in [-0.15, -0.1) is 11.3 Å². The lowest BCUT2D eigenvalue weighted by atomic mass is 10.2. The zero-order chi connectivity index (χ0) is 19.7. The Labute approximate surface area is 162 Å². The molecule has 0 radical (unpaired) electrons. The molecule has 2 heterocycles. The Kier molecular flexibility index (Phi) is 4.58. The SMILES string of the molecule is COc1cccc(-c2nc(Cn3cnc4ccc([N+](=O)[O-])cc4c3=O)cs2)c1. The first kappa shape index (κ1) is 17.8. The molecule has 0 aliphatic rings. The van der Waals surface area contributed by atoms with Crippen molar-refractivity contribution in [1.29, 1.82) is 0 Å². The molecular weight excluding hydrogens is 380 g/mol. The maximum atomic E-state index is 12.7. The van der Waals surface area contributed by atoms with Crippen molar-refractivity contribution in [3.8, 4) is 16.3 Å². The van der Waals surface area contributed by atoms with Crippen molar-refractivity contribution >= 4 is 27.9 Å². The summed E-state index contributed by atoms with van der Waals surface area (Å²) in [5, 5.41) is 13.9. The Hall–Kier alpha value is -3.59. The average Bonchev–Trinajstić information content (AvgIpc) is 3.18. The molecule has 0 spiro atoms. The Morgan fingerprint density at radius 1 is 1.25 bits per heavy atom. The smallest absolute Gasteiger partial charge is 0.270 e. The molecule has 0 N–H and O–H groups in total. The second kappa shape index (κ2) is 7.20. The molecule has 140 valence electrons. The summed E-state index contributed by atoms with van der Waals surface area (Å²) in [4.78, 5) is 32.0. The Morgan fingerprint density at radius 3 is 2.89 bits per heavy atom. The number of hydrogen-bond acceptors (Lipinski definition) is 7. The highest BCUT2D eigenvalue weighted by atomic mass is 32.1. The van der Waals surface area contributed by atoms with Gasteiger partial charge in [-0.3, -0.25) is 19.5 Å². The first-order valence-electron chi connectivity index (χ1n) is 8.27. The van der Waals surface area contributed by atoms with E-state index in [1.54, 1.807) is 7.11 Å². The van der Waals surface area contributed by atoms with E-state index in [1.807, 2.05) is 29.6 Å². The molecule has 4 rings (SSSR count). The lowest BCUT2D eigenvalue weighted by molar-refractivity contribution is -0.384. The van der Waals surface area contributed by atoms with Crippen LogP contribution in [0.5, 0.6) is 5.75 Å². The molecule has 0 aliphatic carbocycles. The van der Waals surface area contributed by atoms with Gasteiger partial charge < -0.3 is 4.74 Å². The number of benzene rings is 2. The molecule has 2 aromatic heterocycles. The molecule has 0 atom stereocenters. The van der Waals surface area contributed by atoms with Crippen molar-refractivity contribution in [1.82, 2.24) is 14.5 Å². The van der Waals surface area contributed by atoms with Gasteiger partial charge in [0.1, 0.15) is 10.8 Å². The van der Waals surface area contributed by atoms with Crippen LogP contribution in [-0.4, -0.2) is 26.6 Å². The monoisotopic (exact) mass is 394 g/mol. The number of ether oxygens (including phenoxy) is 1. The normalized spacial score (nSPS) is 10.9. The molecule has 28 heavy (non-hydrogen) atoms. The fourth-order valence-corrected chi connectivity index (χ4v) is 3.62. The molecule has 0 bridgehead atoms. The summed E-state index contributed by atoms with van der Waals surface area (Å²) in [6.07, 6.45) is 1.43. The van der Waals surface area contributed by atoms with Crippen LogP contribution in [0.1, 0.15) is 5.69 Å². The Balaban J connectivity index is 1.67. The van der Waals surface area contributed by atoms with Gasteiger partial charge in [-0.05, 0) is 18.2 Å². The van der Waals surface area contributed by atoms with Crippen LogP contribution in [0.2, 0.25) is 0 Å². The molecule has 0 saturated carbocycles. The lowest BCUT2D eigenvalue weighted by Gasteiger charge is -2.05. The second-order valence-electron chi connectivity index (χ2n) is 6.01. The third-order valence-electron chi connectivity index (χ3n) is 4.22. The number of nitro benzene ring substituents is 1. The number of thiazole rings is 1. The van der Waals surface area contributed by atoms with Crippen LogP contribution in [0.4, 0.5) is 5.69 Å². The topological polar surface area (TPSA) is 100 Å². The summed E-state index contributed by atoms with van der Waals surface area (Å²) >= 11 is 1.47. The molecular formula is C19H14N4O4S. The lowest BCUT2D eigenvalue weighted by Crippen LogP contribution is -2.21. The number of nitrogens with zero attached hydrogens (tertiary/aromatic N) is 4. The molecule has 4 aromatic rings. The maximum absolute atomic E-state index is 12.7. The number of methoxy groups -OCH3 is 1. The zero-order valence-electron chi connectivity index (χ0n) is 14.7. The fraction of sp³-hybridized carbons (Fsp3) is 0.105. The number of fused-ring (bicyclic) bond motifs is 1. The summed E-state index contributed by atoms with van der Waals surface area (Å²) in [5.74, 6) is 0.741. The van der Waals surface area contributed by atoms with Crippen LogP contribution in [0.15, 0.2) is 59.0 Å². The first-order chi connectivity index (χ1) is 13.5. The number of nitro groups is 1. The van der Waals surface area contributed by atoms with Crippen LogP contribution in [0.3, 0.4) is 0 Å². The van der Waals surface area contributed by atoms with Crippen LogP contribution in [0, 0.1) is 10.1 Å². The molecule has 2 aromatic carbocycles. The van der Waals surface area contributed by atoms with E-state index in [9.17, 15) is 14.9 Å². The van der Waals surface area contributed by atoms with Crippen LogP contribution < -0.4 is 10.3 Å². The van der Waals surface area contributed by atoms with Crippen molar-refractivity contribution in [3.63, 3.8) is 0 Å². The Bertz CT molecular complexity index is 1250. The van der Waals surface area contributed by atoms with Crippen LogP contribution in [-0.2, 0) is 6.54 Å². The number of aromatic nitrogens is 3. The summed E-state index contributed by atoms with van der Waals surface area (Å²) in [6, 6.07) is 11.6. The fourth-order valence-electron chi connectivity index (χ4n) is 2.82. The Morgan fingerprint density at radius 2 is 2.11 bits per heavy atom. The van der Waals surface area contributed by atoms with E-state index >= 15 is 0 Å². The highest BCUT2D eigenvalue weighted by Gasteiger charge is 2.12. The predicted octanol–water partition coefficient (Wildman–Crippen LogP) is 3.49. The molecule has 0 amide bonds. The molecule has 0 saturated heterocycles. The van der Waals surface area contributed by atoms with Gasteiger partial charge in [0.05, 0.1) is 41.5 Å². The molecule has 0 fully saturated rings. The molecule has 8 nitrogen and oxygen atoms in total. The predicted molar refractivity (Wildman–Crippen MR) is 106 cm³/mol. The minimum Gasteiger partial charge on any atom is -0.497 e. The minimum atomic E-state index is -0.531. The van der Waals surface area contributed by atoms with E-state index in [1.165, 1.54) is 40.4 Å². The van der Waals surface area contributed by atoms with Gasteiger partial charge in [0.25, 0.3) is 11.2 Å². The number of hydrogen-bond donors (Lipinski definition) is 0. The highest BCUT2D eigenvalue weighted by Crippen LogP contribution is 2.27. The second-order valence-corrected chi connectivity index (χ2v) is 6.87. The molecule has 9 heteroatoms. The van der Waals surface area contributed by atoms with E-state index in [4.69, 9.17) is 4.74 Å². The summed E-state index contributed by atoms with van der Waals surface area (Å²) in [5.41, 5.74) is 1.57. The summed E-state index contributed by atoms with van der Waals surface area (Å²) in [7, 11) is 1.61. The highest BCUT2D eigenvalue weighted by molar-refractivity contribution is 7.13. The van der Waals surface area contributed by atoms with E-state index in [-0.39, 0.29) is 23.2 Å². The van der Waals surface area contributed by atoms with Gasteiger partial charge >= 0.3 is 0 Å². The van der Waals surface area contributed by atoms with E-state index in [0.717, 1.165) is 16.3 Å². The molecule has 0 aliphatic heterocycles. The number of rotatable bonds is 5. The van der Waals surface area contributed by atoms with Gasteiger partial charge in [0.15, 0.2) is 0 Å². The maximum Gasteiger partial charge on any atom is 0.270 e. The third-order valence-corrected chi connectivity index (χ3v) is 5.16. The summed E-state index contributed by atoms with van der Waals surface area (Å²) < 4.78 is 6.64. The van der Waals surface area contributed by atoms with Gasteiger partial charge in [0, 0.05) is 23.1 Å². The van der Waals surface area contributed by atoms with Crippen molar-refractivity contribution < 1.29 is 9.66 Å². The van der Waals surface area contributed by atoms with E-state index in [0.29, 0.717) is 11.2 Å². The van der Waals surface area contributed by atoms with Crippen molar-refractivity contribution in [2.75, 3.05) is 7.11 Å². The molecule has 0 unspecified atom stereocenters. The van der Waals surface area contributed by atoms with Crippen molar-refractivity contribution in [2.45, 2.75) is 6.54 Å². The van der Waals surface area contributed by atoms with Crippen LogP contribution >= 0.6 is 11.3 Å². The number of non-ortho nitro benzene ring substituents is 1. The van der Waals surface area contributed by atoms with Crippen molar-refractivity contribution in [2.24, 2.45) is 0 Å². The summed E-state index contributed by atoms with van der Waals surface area (Å²) in [6.45, 7) is 0.227. The van der Waals surface area contributed by atoms with Gasteiger partial charge in [-0.1, -0.05) is 12.1 Å². The minimum absolute atomic E-state index is 0.141. The third kappa shape index (κ3) is 3.35. The van der Waals surface area contributed by atoms with E-state index in [2.05, 4.69) is 9.97 Å². The van der Waals surface area contributed by atoms with Gasteiger partial charge in [-0.25, -0.2) is 9.97 Å². The quantitative estimate of drug-likeness (QED) is 0.379. The van der Waals surface area contributed by atoms with Gasteiger partial charge in [-0.2, -0.15) is 0 Å². The zero-order valence-corrected chi connectivity index (χ0v) is 15.5. The first-order valence-corrected chi connectivity index (χ1v) is 9.15. The largest absolute Gasteiger partial charge is 0.497 e. The average molecular weight is 394 g/mol.